The zero-order valence-corrected chi connectivity index (χ0v) is 15.4. The summed E-state index contributed by atoms with van der Waals surface area (Å²) in [7, 11) is 0. The van der Waals surface area contributed by atoms with E-state index in [1.54, 1.807) is 31.0 Å². The van der Waals surface area contributed by atoms with Gasteiger partial charge in [-0.2, -0.15) is 0 Å². The molecule has 2 aliphatic rings. The summed E-state index contributed by atoms with van der Waals surface area (Å²) in [6, 6.07) is 14.4. The number of carbonyl (C=O) groups excluding carboxylic acids is 2. The fraction of sp³-hybridized carbons (Fsp3) is 0.300. The minimum atomic E-state index is -0.907. The highest BCUT2D eigenvalue weighted by Gasteiger charge is 2.60. The highest BCUT2D eigenvalue weighted by molar-refractivity contribution is 6.08. The maximum atomic E-state index is 13.1. The number of para-hydroxylation sites is 1. The molecule has 0 unspecified atom stereocenters. The van der Waals surface area contributed by atoms with Crippen molar-refractivity contribution in [2.75, 3.05) is 5.06 Å². The molecule has 3 atom stereocenters. The van der Waals surface area contributed by atoms with Gasteiger partial charge in [-0.3, -0.25) is 29.4 Å². The summed E-state index contributed by atoms with van der Waals surface area (Å²) in [6.45, 7) is 3.57. The average Bonchev–Trinajstić information content (AvgIpc) is 3.19. The lowest BCUT2D eigenvalue weighted by atomic mass is 9.90. The first kappa shape index (κ1) is 18.1. The molecule has 0 aliphatic carbocycles. The molecule has 28 heavy (non-hydrogen) atoms. The molecule has 2 aromatic carbocycles. The fourth-order valence-electron chi connectivity index (χ4n) is 3.88. The van der Waals surface area contributed by atoms with Crippen molar-refractivity contribution in [3.63, 3.8) is 0 Å². The predicted octanol–water partition coefficient (Wildman–Crippen LogP) is 2.85. The van der Waals surface area contributed by atoms with Gasteiger partial charge < -0.3 is 0 Å². The van der Waals surface area contributed by atoms with Gasteiger partial charge in [-0.1, -0.05) is 30.3 Å². The van der Waals surface area contributed by atoms with Crippen LogP contribution in [0.1, 0.15) is 25.5 Å². The van der Waals surface area contributed by atoms with Crippen LogP contribution in [0.15, 0.2) is 54.6 Å². The number of nitro benzene ring substituents is 1. The number of benzene rings is 2. The molecule has 8 nitrogen and oxygen atoms in total. The van der Waals surface area contributed by atoms with Crippen LogP contribution in [0.2, 0.25) is 0 Å². The highest BCUT2D eigenvalue weighted by Crippen LogP contribution is 2.47. The monoisotopic (exact) mass is 381 g/mol. The summed E-state index contributed by atoms with van der Waals surface area (Å²) in [5.74, 6) is -1.35. The second-order valence-electron chi connectivity index (χ2n) is 7.15. The highest BCUT2D eigenvalue weighted by atomic mass is 16.7. The van der Waals surface area contributed by atoms with Gasteiger partial charge in [0.15, 0.2) is 6.10 Å². The Hall–Kier alpha value is -3.26. The number of hydrogen-bond acceptors (Lipinski definition) is 6. The molecule has 2 amide bonds. The van der Waals surface area contributed by atoms with Crippen molar-refractivity contribution < 1.29 is 19.3 Å². The van der Waals surface area contributed by atoms with Crippen molar-refractivity contribution in [3.8, 4) is 0 Å². The van der Waals surface area contributed by atoms with Crippen LogP contribution in [-0.2, 0) is 14.4 Å². The minimum Gasteiger partial charge on any atom is -0.277 e. The largest absolute Gasteiger partial charge is 0.277 e. The molecule has 0 saturated carbocycles. The van der Waals surface area contributed by atoms with Crippen LogP contribution in [-0.4, -0.2) is 33.8 Å². The second kappa shape index (κ2) is 6.72. The Morgan fingerprint density at radius 1 is 1.00 bits per heavy atom. The molecular weight excluding hydrogens is 362 g/mol. The van der Waals surface area contributed by atoms with E-state index in [4.69, 9.17) is 4.84 Å². The molecule has 2 aromatic rings. The second-order valence-corrected chi connectivity index (χ2v) is 7.15. The molecule has 0 aromatic heterocycles. The van der Waals surface area contributed by atoms with Crippen LogP contribution in [0.25, 0.3) is 0 Å². The van der Waals surface area contributed by atoms with E-state index in [1.807, 2.05) is 30.3 Å². The Labute approximate surface area is 161 Å². The van der Waals surface area contributed by atoms with E-state index in [1.165, 1.54) is 17.0 Å². The van der Waals surface area contributed by atoms with Crippen molar-refractivity contribution in [2.24, 2.45) is 5.92 Å². The maximum Gasteiger partial charge on any atom is 0.269 e. The summed E-state index contributed by atoms with van der Waals surface area (Å²) in [5.41, 5.74) is 1.34. The predicted molar refractivity (Wildman–Crippen MR) is 100 cm³/mol. The van der Waals surface area contributed by atoms with Gasteiger partial charge in [0.1, 0.15) is 5.92 Å². The van der Waals surface area contributed by atoms with Crippen LogP contribution in [0.5, 0.6) is 0 Å². The van der Waals surface area contributed by atoms with E-state index in [0.717, 1.165) is 0 Å². The Balaban J connectivity index is 1.79. The van der Waals surface area contributed by atoms with Crippen LogP contribution in [0, 0.1) is 16.0 Å². The van der Waals surface area contributed by atoms with Crippen molar-refractivity contribution >= 4 is 23.2 Å². The summed E-state index contributed by atoms with van der Waals surface area (Å²) in [5, 5.41) is 12.6. The number of hydrogen-bond donors (Lipinski definition) is 0. The zero-order chi connectivity index (χ0) is 20.0. The first-order valence-electron chi connectivity index (χ1n) is 9.02. The number of anilines is 1. The maximum absolute atomic E-state index is 13.1. The lowest BCUT2D eigenvalue weighted by Gasteiger charge is -2.29. The number of amides is 2. The Kier molecular flexibility index (Phi) is 4.35. The third-order valence-corrected chi connectivity index (χ3v) is 5.12. The third kappa shape index (κ3) is 2.73. The van der Waals surface area contributed by atoms with E-state index in [0.29, 0.717) is 11.3 Å². The van der Waals surface area contributed by atoms with Gasteiger partial charge in [0.25, 0.3) is 11.6 Å². The van der Waals surface area contributed by atoms with E-state index in [9.17, 15) is 19.7 Å². The number of carbonyl (C=O) groups is 2. The molecule has 2 saturated heterocycles. The molecule has 2 aliphatic heterocycles. The molecule has 144 valence electrons. The van der Waals surface area contributed by atoms with Gasteiger partial charge >= 0.3 is 0 Å². The van der Waals surface area contributed by atoms with E-state index in [2.05, 4.69) is 0 Å². The lowest BCUT2D eigenvalue weighted by Crippen LogP contribution is -2.41. The van der Waals surface area contributed by atoms with Crippen molar-refractivity contribution in [1.29, 1.82) is 0 Å². The minimum absolute atomic E-state index is 0.0388. The van der Waals surface area contributed by atoms with Gasteiger partial charge in [0, 0.05) is 18.2 Å². The molecule has 0 N–H and O–H groups in total. The van der Waals surface area contributed by atoms with Gasteiger partial charge in [-0.05, 0) is 31.5 Å². The van der Waals surface area contributed by atoms with Crippen molar-refractivity contribution in [2.45, 2.75) is 32.0 Å². The Morgan fingerprint density at radius 3 is 2.21 bits per heavy atom. The smallest absolute Gasteiger partial charge is 0.269 e. The molecule has 0 spiro atoms. The number of imide groups is 1. The molecule has 0 bridgehead atoms. The topological polar surface area (TPSA) is 93.0 Å². The molecule has 0 radical (unpaired) electrons. The van der Waals surface area contributed by atoms with E-state index < -0.39 is 23.0 Å². The average molecular weight is 381 g/mol. The zero-order valence-electron chi connectivity index (χ0n) is 15.4. The standard InChI is InChI=1S/C20H19N3O5/c1-12(2)21-19(24)16-17(13-8-10-15(11-9-13)23(26)27)22(28-18(16)20(21)25)14-6-4-3-5-7-14/h3-12,16-18H,1-2H3/t16-,17+,18-/m1/s1. The summed E-state index contributed by atoms with van der Waals surface area (Å²) in [6.07, 6.45) is -0.907. The SMILES string of the molecule is CC(C)N1C(=O)[C@H]2[C@@H](ON(c3ccccc3)[C@H]2c2ccc([N+](=O)[O-])cc2)C1=O. The number of likely N-dealkylation sites (tertiary alicyclic amines) is 1. The molecule has 8 heteroatoms. The summed E-state index contributed by atoms with van der Waals surface area (Å²) in [4.78, 5) is 43.6. The van der Waals surface area contributed by atoms with E-state index >= 15 is 0 Å². The fourth-order valence-corrected chi connectivity index (χ4v) is 3.88. The number of hydroxylamine groups is 1. The lowest BCUT2D eigenvalue weighted by molar-refractivity contribution is -0.384. The number of rotatable bonds is 4. The third-order valence-electron chi connectivity index (χ3n) is 5.12. The van der Waals surface area contributed by atoms with Gasteiger partial charge in [-0.25, -0.2) is 5.06 Å². The Morgan fingerprint density at radius 2 is 1.64 bits per heavy atom. The number of nitrogens with zero attached hydrogens (tertiary/aromatic N) is 3. The molecular formula is C20H19N3O5. The van der Waals surface area contributed by atoms with Crippen LogP contribution < -0.4 is 5.06 Å². The first-order chi connectivity index (χ1) is 13.4. The summed E-state index contributed by atoms with van der Waals surface area (Å²) < 4.78 is 0. The van der Waals surface area contributed by atoms with Gasteiger partial charge in [0.05, 0.1) is 16.7 Å². The number of non-ortho nitro benzene ring substituents is 1. The summed E-state index contributed by atoms with van der Waals surface area (Å²) >= 11 is 0. The normalized spacial score (nSPS) is 24.2. The van der Waals surface area contributed by atoms with Crippen LogP contribution in [0.3, 0.4) is 0 Å². The van der Waals surface area contributed by atoms with Crippen molar-refractivity contribution in [3.05, 3.63) is 70.3 Å². The molecule has 2 fully saturated rings. The molecule has 4 rings (SSSR count). The van der Waals surface area contributed by atoms with Crippen LogP contribution in [0.4, 0.5) is 11.4 Å². The van der Waals surface area contributed by atoms with E-state index in [-0.39, 0.29) is 23.5 Å². The van der Waals surface area contributed by atoms with Gasteiger partial charge in [-0.15, -0.1) is 0 Å². The number of nitro groups is 1. The quantitative estimate of drug-likeness (QED) is 0.459. The molecule has 2 heterocycles. The number of fused-ring (bicyclic) bond motifs is 1. The first-order valence-corrected chi connectivity index (χ1v) is 9.02. The van der Waals surface area contributed by atoms with Gasteiger partial charge in [0.2, 0.25) is 5.91 Å². The van der Waals surface area contributed by atoms with Crippen LogP contribution >= 0.6 is 0 Å². The van der Waals surface area contributed by atoms with Crippen molar-refractivity contribution in [1.82, 2.24) is 4.90 Å². The Bertz CT molecular complexity index is 929.